The average molecular weight is 262 g/mol. The standard InChI is InChI=1S/C15H22N2O2/c1-10-7-11(2)14(12(3)8-10)17-6-4-5-16-15(19)13(17)9-18/h7-8,13,18H,4-6,9H2,1-3H3,(H,16,19). The Morgan fingerprint density at radius 2 is 1.95 bits per heavy atom. The van der Waals surface area contributed by atoms with Crippen LogP contribution in [0.25, 0.3) is 0 Å². The first-order valence-corrected chi connectivity index (χ1v) is 6.77. The molecule has 1 aromatic carbocycles. The van der Waals surface area contributed by atoms with Crippen molar-refractivity contribution in [2.75, 3.05) is 24.6 Å². The van der Waals surface area contributed by atoms with Gasteiger partial charge in [0.1, 0.15) is 6.04 Å². The fraction of sp³-hybridized carbons (Fsp3) is 0.533. The monoisotopic (exact) mass is 262 g/mol. The van der Waals surface area contributed by atoms with Gasteiger partial charge >= 0.3 is 0 Å². The molecule has 1 unspecified atom stereocenters. The van der Waals surface area contributed by atoms with Gasteiger partial charge in [-0.25, -0.2) is 0 Å². The molecule has 4 heteroatoms. The average Bonchev–Trinajstić information content (AvgIpc) is 2.50. The molecule has 4 nitrogen and oxygen atoms in total. The van der Waals surface area contributed by atoms with Crippen LogP contribution in [0.3, 0.4) is 0 Å². The first-order valence-electron chi connectivity index (χ1n) is 6.77. The minimum Gasteiger partial charge on any atom is -0.394 e. The van der Waals surface area contributed by atoms with Gasteiger partial charge in [0.2, 0.25) is 5.91 Å². The number of anilines is 1. The molecule has 0 radical (unpaired) electrons. The predicted molar refractivity (Wildman–Crippen MR) is 76.5 cm³/mol. The van der Waals surface area contributed by atoms with Crippen LogP contribution in [0.2, 0.25) is 0 Å². The van der Waals surface area contributed by atoms with Crippen molar-refractivity contribution in [2.45, 2.75) is 33.2 Å². The quantitative estimate of drug-likeness (QED) is 0.844. The van der Waals surface area contributed by atoms with Crippen LogP contribution in [0.4, 0.5) is 5.69 Å². The highest BCUT2D eigenvalue weighted by molar-refractivity contribution is 5.86. The molecule has 2 N–H and O–H groups in total. The number of aryl methyl sites for hydroxylation is 3. The maximum absolute atomic E-state index is 12.0. The Morgan fingerprint density at radius 1 is 1.32 bits per heavy atom. The summed E-state index contributed by atoms with van der Waals surface area (Å²) in [6, 6.07) is 3.77. The van der Waals surface area contributed by atoms with Gasteiger partial charge < -0.3 is 15.3 Å². The number of amides is 1. The highest BCUT2D eigenvalue weighted by atomic mass is 16.3. The Kier molecular flexibility index (Phi) is 4.10. The fourth-order valence-corrected chi connectivity index (χ4v) is 2.95. The van der Waals surface area contributed by atoms with Gasteiger partial charge in [-0.05, 0) is 38.3 Å². The Bertz CT molecular complexity index is 462. The van der Waals surface area contributed by atoms with E-state index in [-0.39, 0.29) is 12.5 Å². The van der Waals surface area contributed by atoms with Crippen LogP contribution in [-0.2, 0) is 4.79 Å². The zero-order valence-electron chi connectivity index (χ0n) is 11.9. The van der Waals surface area contributed by atoms with E-state index >= 15 is 0 Å². The summed E-state index contributed by atoms with van der Waals surface area (Å²) in [5.74, 6) is -0.0839. The van der Waals surface area contributed by atoms with Crippen LogP contribution in [-0.4, -0.2) is 36.8 Å². The zero-order chi connectivity index (χ0) is 14.0. The number of aliphatic hydroxyl groups excluding tert-OH is 1. The molecule has 1 heterocycles. The molecule has 1 aliphatic heterocycles. The molecule has 104 valence electrons. The van der Waals surface area contributed by atoms with Gasteiger partial charge in [-0.2, -0.15) is 0 Å². The van der Waals surface area contributed by atoms with Crippen molar-refractivity contribution in [1.29, 1.82) is 0 Å². The second kappa shape index (κ2) is 5.61. The largest absolute Gasteiger partial charge is 0.394 e. The van der Waals surface area contributed by atoms with Crippen molar-refractivity contribution in [2.24, 2.45) is 0 Å². The molecule has 1 amide bonds. The maximum atomic E-state index is 12.0. The van der Waals surface area contributed by atoms with Gasteiger partial charge in [0.05, 0.1) is 6.61 Å². The molecule has 0 saturated carbocycles. The van der Waals surface area contributed by atoms with E-state index in [2.05, 4.69) is 38.2 Å². The minimum absolute atomic E-state index is 0.0839. The molecule has 19 heavy (non-hydrogen) atoms. The van der Waals surface area contributed by atoms with E-state index in [0.29, 0.717) is 6.54 Å². The number of benzene rings is 1. The van der Waals surface area contributed by atoms with Crippen molar-refractivity contribution in [3.05, 3.63) is 28.8 Å². The van der Waals surface area contributed by atoms with Gasteiger partial charge in [0.15, 0.2) is 0 Å². The summed E-state index contributed by atoms with van der Waals surface area (Å²) in [6.07, 6.45) is 0.898. The second-order valence-corrected chi connectivity index (χ2v) is 5.28. The SMILES string of the molecule is Cc1cc(C)c(N2CCCNC(=O)C2CO)c(C)c1. The summed E-state index contributed by atoms with van der Waals surface area (Å²) in [7, 11) is 0. The van der Waals surface area contributed by atoms with Gasteiger partial charge in [-0.3, -0.25) is 4.79 Å². The van der Waals surface area contributed by atoms with Crippen LogP contribution >= 0.6 is 0 Å². The lowest BCUT2D eigenvalue weighted by atomic mass is 10.0. The number of hydrogen-bond acceptors (Lipinski definition) is 3. The lowest BCUT2D eigenvalue weighted by Crippen LogP contribution is -2.47. The summed E-state index contributed by atoms with van der Waals surface area (Å²) < 4.78 is 0. The molecule has 1 atom stereocenters. The number of hydrogen-bond donors (Lipinski definition) is 2. The third kappa shape index (κ3) is 2.73. The van der Waals surface area contributed by atoms with Gasteiger partial charge in [0.25, 0.3) is 0 Å². The first-order chi connectivity index (χ1) is 9.04. The van der Waals surface area contributed by atoms with Crippen LogP contribution in [0.1, 0.15) is 23.1 Å². The third-order valence-corrected chi connectivity index (χ3v) is 3.65. The molecule has 1 fully saturated rings. The summed E-state index contributed by atoms with van der Waals surface area (Å²) in [4.78, 5) is 14.1. The molecule has 1 saturated heterocycles. The van der Waals surface area contributed by atoms with E-state index < -0.39 is 6.04 Å². The molecule has 0 aliphatic carbocycles. The number of aliphatic hydroxyl groups is 1. The summed E-state index contributed by atoms with van der Waals surface area (Å²) in [6.45, 7) is 7.50. The van der Waals surface area contributed by atoms with E-state index in [9.17, 15) is 9.90 Å². The van der Waals surface area contributed by atoms with Crippen molar-refractivity contribution in [3.8, 4) is 0 Å². The van der Waals surface area contributed by atoms with Crippen molar-refractivity contribution in [3.63, 3.8) is 0 Å². The van der Waals surface area contributed by atoms with Crippen molar-refractivity contribution < 1.29 is 9.90 Å². The molecule has 2 rings (SSSR count). The summed E-state index contributed by atoms with van der Waals surface area (Å²) in [5.41, 5.74) is 4.62. The lowest BCUT2D eigenvalue weighted by molar-refractivity contribution is -0.122. The molecular weight excluding hydrogens is 240 g/mol. The van der Waals surface area contributed by atoms with Crippen LogP contribution < -0.4 is 10.2 Å². The number of carbonyl (C=O) groups excluding carboxylic acids is 1. The molecule has 0 bridgehead atoms. The van der Waals surface area contributed by atoms with Crippen molar-refractivity contribution >= 4 is 11.6 Å². The maximum Gasteiger partial charge on any atom is 0.245 e. The Hall–Kier alpha value is -1.55. The fourth-order valence-electron chi connectivity index (χ4n) is 2.95. The number of nitrogens with one attached hydrogen (secondary N) is 1. The van der Waals surface area contributed by atoms with Crippen LogP contribution in [0, 0.1) is 20.8 Å². The van der Waals surface area contributed by atoms with Gasteiger partial charge in [-0.1, -0.05) is 17.7 Å². The third-order valence-electron chi connectivity index (χ3n) is 3.65. The topological polar surface area (TPSA) is 52.6 Å². The minimum atomic E-state index is -0.484. The van der Waals surface area contributed by atoms with E-state index in [1.165, 1.54) is 5.56 Å². The number of nitrogens with zero attached hydrogens (tertiary/aromatic N) is 1. The van der Waals surface area contributed by atoms with E-state index in [4.69, 9.17) is 0 Å². The highest BCUT2D eigenvalue weighted by Crippen LogP contribution is 2.28. The molecule has 0 spiro atoms. The predicted octanol–water partition coefficient (Wildman–Crippen LogP) is 1.30. The van der Waals surface area contributed by atoms with Crippen LogP contribution in [0.15, 0.2) is 12.1 Å². The Balaban J connectivity index is 2.45. The molecular formula is C15H22N2O2. The van der Waals surface area contributed by atoms with E-state index in [1.54, 1.807) is 0 Å². The molecule has 1 aliphatic rings. The van der Waals surface area contributed by atoms with E-state index in [0.717, 1.165) is 29.8 Å². The highest BCUT2D eigenvalue weighted by Gasteiger charge is 2.29. The molecule has 1 aromatic rings. The van der Waals surface area contributed by atoms with Gasteiger partial charge in [0, 0.05) is 18.8 Å². The summed E-state index contributed by atoms with van der Waals surface area (Å²) >= 11 is 0. The normalized spacial score (nSPS) is 20.1. The number of rotatable bonds is 2. The number of carbonyl (C=O) groups is 1. The second-order valence-electron chi connectivity index (χ2n) is 5.28. The van der Waals surface area contributed by atoms with Crippen LogP contribution in [0.5, 0.6) is 0 Å². The Labute approximate surface area is 114 Å². The lowest BCUT2D eigenvalue weighted by Gasteiger charge is -2.32. The summed E-state index contributed by atoms with van der Waals surface area (Å²) in [5, 5.41) is 12.4. The smallest absolute Gasteiger partial charge is 0.245 e. The van der Waals surface area contributed by atoms with Gasteiger partial charge in [-0.15, -0.1) is 0 Å². The first kappa shape index (κ1) is 13.9. The van der Waals surface area contributed by atoms with Crippen molar-refractivity contribution in [1.82, 2.24) is 5.32 Å². The van der Waals surface area contributed by atoms with E-state index in [1.807, 2.05) is 4.90 Å². The molecule has 0 aromatic heterocycles. The Morgan fingerprint density at radius 3 is 2.53 bits per heavy atom. The zero-order valence-corrected chi connectivity index (χ0v) is 11.9.